The summed E-state index contributed by atoms with van der Waals surface area (Å²) in [5.41, 5.74) is -0.221. The molecule has 0 aliphatic rings. The summed E-state index contributed by atoms with van der Waals surface area (Å²) in [5, 5.41) is 5.09. The second kappa shape index (κ2) is 16.1. The Morgan fingerprint density at radius 1 is 1.28 bits per heavy atom. The zero-order valence-electron chi connectivity index (χ0n) is 18.5. The number of hydrazine groups is 1. The second-order valence-electron chi connectivity index (χ2n) is 6.18. The van der Waals surface area contributed by atoms with Crippen molar-refractivity contribution in [2.45, 2.75) is 45.5 Å². The van der Waals surface area contributed by atoms with E-state index in [1.807, 2.05) is 14.0 Å². The van der Waals surface area contributed by atoms with E-state index in [0.29, 0.717) is 0 Å². The van der Waals surface area contributed by atoms with Crippen LogP contribution in [-0.2, 0) is 14.3 Å². The van der Waals surface area contributed by atoms with Crippen LogP contribution >= 0.6 is 29.7 Å². The first kappa shape index (κ1) is 28.4. The van der Waals surface area contributed by atoms with Gasteiger partial charge in [-0.2, -0.15) is 0 Å². The van der Waals surface area contributed by atoms with Crippen molar-refractivity contribution in [2.24, 2.45) is 11.0 Å². The maximum absolute atomic E-state index is 11.2. The van der Waals surface area contributed by atoms with E-state index in [-0.39, 0.29) is 11.3 Å². The highest BCUT2D eigenvalue weighted by Crippen LogP contribution is 2.55. The van der Waals surface area contributed by atoms with E-state index in [0.717, 1.165) is 42.3 Å². The summed E-state index contributed by atoms with van der Waals surface area (Å²) in [5.74, 6) is 7.10. The van der Waals surface area contributed by atoms with E-state index in [1.54, 1.807) is 26.3 Å². The Bertz CT molecular complexity index is 576. The molecule has 2 atom stereocenters. The van der Waals surface area contributed by atoms with Crippen LogP contribution in [0, 0.1) is 4.91 Å². The van der Waals surface area contributed by atoms with Gasteiger partial charge in [-0.15, -0.1) is 4.91 Å². The number of rotatable bonds is 15. The molecule has 0 spiro atoms. The predicted molar refractivity (Wildman–Crippen MR) is 126 cm³/mol. The molecule has 0 aromatic rings. The van der Waals surface area contributed by atoms with Crippen LogP contribution in [-0.4, -0.2) is 61.3 Å². The third kappa shape index (κ3) is 9.81. The van der Waals surface area contributed by atoms with Crippen LogP contribution in [0.15, 0.2) is 28.1 Å². The van der Waals surface area contributed by atoms with Crippen LogP contribution in [0.25, 0.3) is 0 Å². The van der Waals surface area contributed by atoms with Gasteiger partial charge in [0.2, 0.25) is 0 Å². The summed E-state index contributed by atoms with van der Waals surface area (Å²) in [6, 6.07) is 0. The lowest BCUT2D eigenvalue weighted by Crippen LogP contribution is -2.44. The molecule has 0 aromatic carbocycles. The van der Waals surface area contributed by atoms with E-state index in [4.69, 9.17) is 15.3 Å². The molecular formula is C18H35N4O4PS2. The van der Waals surface area contributed by atoms with E-state index in [2.05, 4.69) is 29.8 Å². The summed E-state index contributed by atoms with van der Waals surface area (Å²) in [4.78, 5) is 21.6. The van der Waals surface area contributed by atoms with Crippen LogP contribution < -0.4 is 5.84 Å². The fourth-order valence-corrected chi connectivity index (χ4v) is 8.17. The van der Waals surface area contributed by atoms with Crippen molar-refractivity contribution in [3.8, 4) is 0 Å². The highest BCUT2D eigenvalue weighted by Gasteiger charge is 2.31. The fraction of sp³-hybridized carbons (Fsp3) is 0.722. The van der Waals surface area contributed by atoms with Gasteiger partial charge in [-0.1, -0.05) is 41.9 Å². The Morgan fingerprint density at radius 2 is 1.93 bits per heavy atom. The molecular weight excluding hydrogens is 431 g/mol. The Balaban J connectivity index is 5.94. The van der Waals surface area contributed by atoms with Crippen molar-refractivity contribution in [1.29, 1.82) is 0 Å². The fourth-order valence-electron chi connectivity index (χ4n) is 2.46. The number of methoxy groups -OCH3 is 2. The summed E-state index contributed by atoms with van der Waals surface area (Å²) >= 11 is 0. The third-order valence-electron chi connectivity index (χ3n) is 3.95. The minimum absolute atomic E-state index is 0.0120. The molecule has 2 unspecified atom stereocenters. The van der Waals surface area contributed by atoms with E-state index in [1.165, 1.54) is 21.6 Å². The van der Waals surface area contributed by atoms with Crippen molar-refractivity contribution < 1.29 is 14.3 Å². The van der Waals surface area contributed by atoms with Gasteiger partial charge in [-0.3, -0.25) is 15.3 Å². The molecule has 29 heavy (non-hydrogen) atoms. The normalized spacial score (nSPS) is 15.2. The molecule has 11 heteroatoms. The van der Waals surface area contributed by atoms with Crippen LogP contribution in [0.2, 0.25) is 0 Å². The van der Waals surface area contributed by atoms with E-state index < -0.39 is 14.0 Å². The van der Waals surface area contributed by atoms with Crippen molar-refractivity contribution >= 4 is 35.6 Å². The van der Waals surface area contributed by atoms with Crippen LogP contribution in [0.5, 0.6) is 0 Å². The summed E-state index contributed by atoms with van der Waals surface area (Å²) < 4.78 is 13.5. The standard InChI is InChI=1S/C18H35N4O4PS2/c1-8-10-12-27(17(14(3)25-6)15(26-7)11-9-2)22(5)18(21(4)19)29-28-13-16(23)20-24/h11,18H,8-10,12-13,19H2,1-7H3/b15-11+,17-14-. The van der Waals surface area contributed by atoms with Gasteiger partial charge < -0.3 is 9.47 Å². The lowest BCUT2D eigenvalue weighted by Gasteiger charge is -2.39. The number of carbonyl (C=O) groups excluding carboxylic acids is 1. The predicted octanol–water partition coefficient (Wildman–Crippen LogP) is 4.70. The maximum atomic E-state index is 11.2. The van der Waals surface area contributed by atoms with Crippen molar-refractivity contribution in [1.82, 2.24) is 9.68 Å². The largest absolute Gasteiger partial charge is 0.501 e. The molecule has 0 aliphatic carbocycles. The summed E-state index contributed by atoms with van der Waals surface area (Å²) in [6.45, 7) is 6.18. The number of allylic oxidation sites excluding steroid dienone is 3. The number of unbranched alkanes of at least 4 members (excludes halogenated alkanes) is 1. The van der Waals surface area contributed by atoms with Gasteiger partial charge >= 0.3 is 0 Å². The van der Waals surface area contributed by atoms with E-state index in [9.17, 15) is 9.70 Å². The highest BCUT2D eigenvalue weighted by molar-refractivity contribution is 8.77. The molecule has 8 nitrogen and oxygen atoms in total. The molecule has 0 saturated heterocycles. The molecule has 2 N–H and O–H groups in total. The molecule has 0 heterocycles. The van der Waals surface area contributed by atoms with Gasteiger partial charge in [0, 0.05) is 20.3 Å². The maximum Gasteiger partial charge on any atom is 0.297 e. The number of nitroso groups, excluding NO2 is 1. The SMILES string of the molecule is CC/C=C(OC)\C(=C(/C)OC)P(CCCC)N(C)C(SSCC(=O)N=O)N(C)N. The molecule has 168 valence electrons. The Morgan fingerprint density at radius 3 is 2.38 bits per heavy atom. The lowest BCUT2D eigenvalue weighted by atomic mass is 10.3. The molecule has 1 amide bonds. The Kier molecular flexibility index (Phi) is 15.7. The molecule has 0 fully saturated rings. The van der Waals surface area contributed by atoms with E-state index >= 15 is 0 Å². The average Bonchev–Trinajstić information content (AvgIpc) is 2.71. The number of carbonyl (C=O) groups is 1. The molecule has 0 rings (SSSR count). The Labute approximate surface area is 184 Å². The first-order valence-corrected chi connectivity index (χ1v) is 13.3. The van der Waals surface area contributed by atoms with Gasteiger partial charge in [0.15, 0.2) is 0 Å². The highest BCUT2D eigenvalue weighted by atomic mass is 33.1. The summed E-state index contributed by atoms with van der Waals surface area (Å²) in [7, 11) is 9.01. The molecule has 0 aliphatic heterocycles. The van der Waals surface area contributed by atoms with Gasteiger partial charge in [0.25, 0.3) is 5.91 Å². The minimum atomic E-state index is -0.832. The lowest BCUT2D eigenvalue weighted by molar-refractivity contribution is -0.115. The van der Waals surface area contributed by atoms with Gasteiger partial charge in [-0.05, 0) is 39.1 Å². The number of amides is 1. The number of hydrogen-bond acceptors (Lipinski definition) is 9. The van der Waals surface area contributed by atoms with Crippen LogP contribution in [0.1, 0.15) is 40.0 Å². The van der Waals surface area contributed by atoms with Gasteiger partial charge in [0.1, 0.15) is 17.0 Å². The molecule has 0 saturated carbocycles. The zero-order valence-corrected chi connectivity index (χ0v) is 21.0. The van der Waals surface area contributed by atoms with Gasteiger partial charge in [-0.25, -0.2) is 5.01 Å². The summed E-state index contributed by atoms with van der Waals surface area (Å²) in [6.07, 6.45) is 5.97. The Hall–Kier alpha value is -0.640. The second-order valence-corrected chi connectivity index (χ2v) is 10.9. The number of nitrogens with zero attached hydrogens (tertiary/aromatic N) is 3. The first-order chi connectivity index (χ1) is 13.8. The topological polar surface area (TPSA) is 97.5 Å². The average molecular weight is 467 g/mol. The quantitative estimate of drug-likeness (QED) is 0.0538. The number of hydrogen-bond donors (Lipinski definition) is 1. The van der Waals surface area contributed by atoms with Crippen LogP contribution in [0.4, 0.5) is 0 Å². The van der Waals surface area contributed by atoms with Crippen molar-refractivity contribution in [2.75, 3.05) is 40.2 Å². The first-order valence-electron chi connectivity index (χ1n) is 9.40. The zero-order chi connectivity index (χ0) is 22.4. The minimum Gasteiger partial charge on any atom is -0.501 e. The molecule has 0 radical (unpaired) electrons. The molecule has 0 aromatic heterocycles. The van der Waals surface area contributed by atoms with Crippen LogP contribution in [0.3, 0.4) is 0 Å². The number of nitrogens with two attached hydrogens (primary N) is 1. The molecule has 0 bridgehead atoms. The number of ether oxygens (including phenoxy) is 2. The van der Waals surface area contributed by atoms with Crippen molar-refractivity contribution in [3.05, 3.63) is 27.8 Å². The van der Waals surface area contributed by atoms with Gasteiger partial charge in [0.05, 0.1) is 25.3 Å². The van der Waals surface area contributed by atoms with Crippen molar-refractivity contribution in [3.63, 3.8) is 0 Å². The monoisotopic (exact) mass is 466 g/mol. The smallest absolute Gasteiger partial charge is 0.297 e. The third-order valence-corrected chi connectivity index (χ3v) is 9.48.